The lowest BCUT2D eigenvalue weighted by Crippen LogP contribution is -2.29. The highest BCUT2D eigenvalue weighted by molar-refractivity contribution is 5.85. The zero-order chi connectivity index (χ0) is 9.10. The van der Waals surface area contributed by atoms with Crippen molar-refractivity contribution < 1.29 is 0 Å². The van der Waals surface area contributed by atoms with Crippen molar-refractivity contribution in [1.82, 2.24) is 9.88 Å². The fourth-order valence-electron chi connectivity index (χ4n) is 1.92. The predicted octanol–water partition coefficient (Wildman–Crippen LogP) is 2.31. The zero-order valence-electron chi connectivity index (χ0n) is 8.52. The number of halogens is 1. The van der Waals surface area contributed by atoms with Gasteiger partial charge in [-0.1, -0.05) is 6.07 Å². The molecule has 78 valence electrons. The molecule has 0 radical (unpaired) electrons. The van der Waals surface area contributed by atoms with Gasteiger partial charge in [-0.3, -0.25) is 4.98 Å². The van der Waals surface area contributed by atoms with Crippen molar-refractivity contribution in [2.45, 2.75) is 18.8 Å². The van der Waals surface area contributed by atoms with Crippen LogP contribution >= 0.6 is 12.4 Å². The molecule has 2 nitrogen and oxygen atoms in total. The molecular formula is C11H17ClN2. The third kappa shape index (κ3) is 2.69. The number of hydrogen-bond acceptors (Lipinski definition) is 2. The summed E-state index contributed by atoms with van der Waals surface area (Å²) in [5.41, 5.74) is 1.27. The number of rotatable bonds is 1. The maximum absolute atomic E-state index is 4.41. The van der Waals surface area contributed by atoms with Gasteiger partial charge in [0, 0.05) is 17.8 Å². The summed E-state index contributed by atoms with van der Waals surface area (Å²) in [4.78, 5) is 6.80. The first kappa shape index (κ1) is 11.5. The van der Waals surface area contributed by atoms with Gasteiger partial charge in [-0.2, -0.15) is 0 Å². The minimum Gasteiger partial charge on any atom is -0.306 e. The van der Waals surface area contributed by atoms with E-state index in [0.29, 0.717) is 5.92 Å². The summed E-state index contributed by atoms with van der Waals surface area (Å²) in [5.74, 6) is 0.692. The molecule has 0 saturated carbocycles. The van der Waals surface area contributed by atoms with Crippen molar-refractivity contribution in [3.8, 4) is 0 Å². The summed E-state index contributed by atoms with van der Waals surface area (Å²) in [6.07, 6.45) is 4.41. The minimum absolute atomic E-state index is 0. The maximum Gasteiger partial charge on any atom is 0.0435 e. The van der Waals surface area contributed by atoms with E-state index in [0.717, 1.165) is 0 Å². The molecule has 1 aromatic heterocycles. The average molecular weight is 213 g/mol. The summed E-state index contributed by atoms with van der Waals surface area (Å²) < 4.78 is 0. The van der Waals surface area contributed by atoms with E-state index in [1.165, 1.54) is 31.6 Å². The monoisotopic (exact) mass is 212 g/mol. The Balaban J connectivity index is 0.000000980. The van der Waals surface area contributed by atoms with E-state index in [9.17, 15) is 0 Å². The molecule has 0 N–H and O–H groups in total. The molecule has 3 heteroatoms. The van der Waals surface area contributed by atoms with Crippen LogP contribution in [-0.4, -0.2) is 30.0 Å². The van der Waals surface area contributed by atoms with E-state index in [1.54, 1.807) is 0 Å². The topological polar surface area (TPSA) is 16.1 Å². The first-order valence-corrected chi connectivity index (χ1v) is 4.96. The molecular weight excluding hydrogens is 196 g/mol. The highest BCUT2D eigenvalue weighted by Crippen LogP contribution is 2.25. The number of nitrogens with zero attached hydrogens (tertiary/aromatic N) is 2. The molecule has 1 fully saturated rings. The first-order chi connectivity index (χ1) is 6.36. The second kappa shape index (κ2) is 5.32. The molecule has 0 bridgehead atoms. The first-order valence-electron chi connectivity index (χ1n) is 4.96. The van der Waals surface area contributed by atoms with Crippen molar-refractivity contribution in [1.29, 1.82) is 0 Å². The molecule has 14 heavy (non-hydrogen) atoms. The summed E-state index contributed by atoms with van der Waals surface area (Å²) in [7, 11) is 2.19. The van der Waals surface area contributed by atoms with Gasteiger partial charge in [0.1, 0.15) is 0 Å². The second-order valence-electron chi connectivity index (χ2n) is 3.83. The van der Waals surface area contributed by atoms with Gasteiger partial charge >= 0.3 is 0 Å². The lowest BCUT2D eigenvalue weighted by atomic mass is 9.93. The summed E-state index contributed by atoms with van der Waals surface area (Å²) in [6.45, 7) is 2.42. The Hall–Kier alpha value is -0.600. The lowest BCUT2D eigenvalue weighted by Gasteiger charge is -2.28. The standard InChI is InChI=1S/C11H16N2.ClH/c1-13-8-5-10(6-9-13)11-4-2-3-7-12-11;/h2-4,7,10H,5-6,8-9H2,1H3;1H. The Bertz CT molecular complexity index is 255. The quantitative estimate of drug-likeness (QED) is 0.711. The van der Waals surface area contributed by atoms with Crippen LogP contribution in [0.2, 0.25) is 0 Å². The molecule has 0 aromatic carbocycles. The number of piperidine rings is 1. The van der Waals surface area contributed by atoms with Gasteiger partial charge in [0.25, 0.3) is 0 Å². The van der Waals surface area contributed by atoms with Crippen molar-refractivity contribution in [3.63, 3.8) is 0 Å². The van der Waals surface area contributed by atoms with Gasteiger partial charge in [0.2, 0.25) is 0 Å². The largest absolute Gasteiger partial charge is 0.306 e. The molecule has 0 unspecified atom stereocenters. The van der Waals surface area contributed by atoms with Gasteiger partial charge in [-0.05, 0) is 45.1 Å². The number of aromatic nitrogens is 1. The highest BCUT2D eigenvalue weighted by atomic mass is 35.5. The molecule has 0 atom stereocenters. The number of hydrogen-bond donors (Lipinski definition) is 0. The molecule has 1 aromatic rings. The third-order valence-electron chi connectivity index (χ3n) is 2.82. The van der Waals surface area contributed by atoms with Crippen molar-refractivity contribution in [2.75, 3.05) is 20.1 Å². The minimum atomic E-state index is 0. The van der Waals surface area contributed by atoms with Crippen LogP contribution < -0.4 is 0 Å². The molecule has 0 aliphatic carbocycles. The fraction of sp³-hybridized carbons (Fsp3) is 0.545. The Morgan fingerprint density at radius 3 is 2.57 bits per heavy atom. The Morgan fingerprint density at radius 2 is 2.00 bits per heavy atom. The lowest BCUT2D eigenvalue weighted by molar-refractivity contribution is 0.253. The molecule has 0 amide bonds. The molecule has 1 saturated heterocycles. The van der Waals surface area contributed by atoms with E-state index in [4.69, 9.17) is 0 Å². The van der Waals surface area contributed by atoms with Crippen LogP contribution in [0, 0.1) is 0 Å². The van der Waals surface area contributed by atoms with E-state index in [1.807, 2.05) is 12.3 Å². The Morgan fingerprint density at radius 1 is 1.29 bits per heavy atom. The third-order valence-corrected chi connectivity index (χ3v) is 2.82. The zero-order valence-corrected chi connectivity index (χ0v) is 9.33. The smallest absolute Gasteiger partial charge is 0.0435 e. The number of pyridine rings is 1. The van der Waals surface area contributed by atoms with Crippen LogP contribution in [0.3, 0.4) is 0 Å². The van der Waals surface area contributed by atoms with Gasteiger partial charge in [0.15, 0.2) is 0 Å². The van der Waals surface area contributed by atoms with E-state index in [-0.39, 0.29) is 12.4 Å². The molecule has 2 rings (SSSR count). The normalized spacial score (nSPS) is 18.9. The molecule has 0 spiro atoms. The second-order valence-corrected chi connectivity index (χ2v) is 3.83. The molecule has 1 aliphatic heterocycles. The fourth-order valence-corrected chi connectivity index (χ4v) is 1.92. The van der Waals surface area contributed by atoms with Gasteiger partial charge in [-0.15, -0.1) is 12.4 Å². The van der Waals surface area contributed by atoms with Gasteiger partial charge < -0.3 is 4.90 Å². The van der Waals surface area contributed by atoms with E-state index >= 15 is 0 Å². The molecule has 2 heterocycles. The SMILES string of the molecule is CN1CCC(c2ccccn2)CC1.Cl. The van der Waals surface area contributed by atoms with Crippen LogP contribution in [0.15, 0.2) is 24.4 Å². The van der Waals surface area contributed by atoms with Crippen molar-refractivity contribution in [2.24, 2.45) is 0 Å². The summed E-state index contributed by atoms with van der Waals surface area (Å²) >= 11 is 0. The van der Waals surface area contributed by atoms with Gasteiger partial charge in [0.05, 0.1) is 0 Å². The predicted molar refractivity (Wildman–Crippen MR) is 61.0 cm³/mol. The maximum atomic E-state index is 4.41. The Labute approximate surface area is 91.7 Å². The van der Waals surface area contributed by atoms with Crippen LogP contribution in [0.25, 0.3) is 0 Å². The van der Waals surface area contributed by atoms with Crippen LogP contribution in [0.4, 0.5) is 0 Å². The van der Waals surface area contributed by atoms with Gasteiger partial charge in [-0.25, -0.2) is 0 Å². The Kier molecular flexibility index (Phi) is 4.36. The van der Waals surface area contributed by atoms with Crippen molar-refractivity contribution >= 4 is 12.4 Å². The average Bonchev–Trinajstić information content (AvgIpc) is 2.20. The highest BCUT2D eigenvalue weighted by Gasteiger charge is 2.18. The van der Waals surface area contributed by atoms with Crippen LogP contribution in [-0.2, 0) is 0 Å². The molecule has 1 aliphatic rings. The number of likely N-dealkylation sites (tertiary alicyclic amines) is 1. The summed E-state index contributed by atoms with van der Waals surface area (Å²) in [5, 5.41) is 0. The van der Waals surface area contributed by atoms with Crippen LogP contribution in [0.1, 0.15) is 24.5 Å². The summed E-state index contributed by atoms with van der Waals surface area (Å²) in [6, 6.07) is 6.22. The van der Waals surface area contributed by atoms with Crippen molar-refractivity contribution in [3.05, 3.63) is 30.1 Å². The van der Waals surface area contributed by atoms with E-state index < -0.39 is 0 Å². The van der Waals surface area contributed by atoms with E-state index in [2.05, 4.69) is 29.1 Å². The van der Waals surface area contributed by atoms with Crippen LogP contribution in [0.5, 0.6) is 0 Å².